The number of hydrogen-bond acceptors (Lipinski definition) is 3. The first-order valence-electron chi connectivity index (χ1n) is 5.57. The lowest BCUT2D eigenvalue weighted by Crippen LogP contribution is -2.30. The second-order valence-corrected chi connectivity index (χ2v) is 3.67. The van der Waals surface area contributed by atoms with Crippen LogP contribution in [0.3, 0.4) is 0 Å². The molecule has 0 saturated carbocycles. The van der Waals surface area contributed by atoms with Crippen LogP contribution in [-0.2, 0) is 4.74 Å². The minimum atomic E-state index is -0.529. The largest absolute Gasteiger partial charge is 0.385 e. The van der Waals surface area contributed by atoms with Crippen LogP contribution in [0.25, 0.3) is 0 Å². The number of ether oxygens (including phenoxy) is 1. The molecule has 1 aromatic carbocycles. The van der Waals surface area contributed by atoms with Crippen molar-refractivity contribution in [2.24, 2.45) is 5.73 Å². The van der Waals surface area contributed by atoms with Crippen LogP contribution in [0.1, 0.15) is 16.8 Å². The van der Waals surface area contributed by atoms with Crippen molar-refractivity contribution >= 4 is 17.6 Å². The number of methoxy groups -OCH3 is 1. The van der Waals surface area contributed by atoms with Gasteiger partial charge in [-0.05, 0) is 24.6 Å². The van der Waals surface area contributed by atoms with Crippen molar-refractivity contribution in [2.75, 3.05) is 25.6 Å². The molecule has 3 amide bonds. The molecule has 0 aliphatic carbocycles. The van der Waals surface area contributed by atoms with Crippen molar-refractivity contribution < 1.29 is 14.3 Å². The Morgan fingerprint density at radius 2 is 2.17 bits per heavy atom. The fourth-order valence-corrected chi connectivity index (χ4v) is 1.34. The van der Waals surface area contributed by atoms with Gasteiger partial charge in [0.25, 0.3) is 0 Å². The molecule has 0 spiro atoms. The summed E-state index contributed by atoms with van der Waals surface area (Å²) < 4.78 is 4.86. The van der Waals surface area contributed by atoms with Gasteiger partial charge in [0.15, 0.2) is 0 Å². The maximum absolute atomic E-state index is 11.5. The van der Waals surface area contributed by atoms with E-state index in [1.54, 1.807) is 25.3 Å². The molecule has 0 aliphatic rings. The third kappa shape index (κ3) is 4.84. The highest BCUT2D eigenvalue weighted by atomic mass is 16.5. The zero-order valence-corrected chi connectivity index (χ0v) is 10.2. The van der Waals surface area contributed by atoms with E-state index in [-0.39, 0.29) is 6.03 Å². The number of carbonyl (C=O) groups is 2. The molecule has 0 aromatic heterocycles. The molecule has 0 saturated heterocycles. The number of benzene rings is 1. The van der Waals surface area contributed by atoms with Gasteiger partial charge in [-0.15, -0.1) is 0 Å². The molecule has 0 atom stereocenters. The molecular formula is C12H17N3O3. The SMILES string of the molecule is COCCCNC(=O)Nc1cccc(C(N)=O)c1. The van der Waals surface area contributed by atoms with Crippen LogP contribution in [0.5, 0.6) is 0 Å². The number of urea groups is 1. The van der Waals surface area contributed by atoms with E-state index in [0.29, 0.717) is 24.4 Å². The molecule has 4 N–H and O–H groups in total. The molecule has 0 heterocycles. The molecule has 0 fully saturated rings. The van der Waals surface area contributed by atoms with Gasteiger partial charge in [-0.25, -0.2) is 4.79 Å². The Morgan fingerprint density at radius 1 is 1.39 bits per heavy atom. The van der Waals surface area contributed by atoms with E-state index in [1.807, 2.05) is 0 Å². The Kier molecular flexibility index (Phi) is 5.66. The monoisotopic (exact) mass is 251 g/mol. The summed E-state index contributed by atoms with van der Waals surface area (Å²) in [7, 11) is 1.61. The number of amides is 3. The Hall–Kier alpha value is -2.08. The Balaban J connectivity index is 2.44. The van der Waals surface area contributed by atoms with Gasteiger partial charge in [0.05, 0.1) is 0 Å². The third-order valence-electron chi connectivity index (χ3n) is 2.22. The van der Waals surface area contributed by atoms with E-state index in [9.17, 15) is 9.59 Å². The fraction of sp³-hybridized carbons (Fsp3) is 0.333. The summed E-state index contributed by atoms with van der Waals surface area (Å²) in [6, 6.07) is 6.12. The lowest BCUT2D eigenvalue weighted by Gasteiger charge is -2.08. The lowest BCUT2D eigenvalue weighted by molar-refractivity contribution is 0.100. The van der Waals surface area contributed by atoms with E-state index >= 15 is 0 Å². The van der Waals surface area contributed by atoms with Gasteiger partial charge < -0.3 is 21.1 Å². The summed E-state index contributed by atoms with van der Waals surface area (Å²) in [4.78, 5) is 22.4. The van der Waals surface area contributed by atoms with Crippen LogP contribution in [0.2, 0.25) is 0 Å². The van der Waals surface area contributed by atoms with Crippen LogP contribution >= 0.6 is 0 Å². The highest BCUT2D eigenvalue weighted by molar-refractivity contribution is 5.95. The molecule has 1 rings (SSSR count). The number of carbonyl (C=O) groups excluding carboxylic acids is 2. The van der Waals surface area contributed by atoms with Crippen molar-refractivity contribution in [3.05, 3.63) is 29.8 Å². The molecule has 98 valence electrons. The molecule has 0 radical (unpaired) electrons. The smallest absolute Gasteiger partial charge is 0.319 e. The lowest BCUT2D eigenvalue weighted by atomic mass is 10.2. The van der Waals surface area contributed by atoms with Crippen LogP contribution in [0.4, 0.5) is 10.5 Å². The Labute approximate surface area is 105 Å². The minimum Gasteiger partial charge on any atom is -0.385 e. The Bertz CT molecular complexity index is 421. The summed E-state index contributed by atoms with van der Waals surface area (Å²) >= 11 is 0. The topological polar surface area (TPSA) is 93.4 Å². The predicted octanol–water partition coefficient (Wildman–Crippen LogP) is 0.944. The van der Waals surface area contributed by atoms with Gasteiger partial charge in [0, 0.05) is 31.5 Å². The first kappa shape index (κ1) is 14.0. The van der Waals surface area contributed by atoms with Gasteiger partial charge in [-0.3, -0.25) is 4.79 Å². The maximum atomic E-state index is 11.5. The van der Waals surface area contributed by atoms with Crippen LogP contribution < -0.4 is 16.4 Å². The van der Waals surface area contributed by atoms with E-state index in [0.717, 1.165) is 6.42 Å². The predicted molar refractivity (Wildman–Crippen MR) is 68.5 cm³/mol. The van der Waals surface area contributed by atoms with Crippen molar-refractivity contribution in [3.63, 3.8) is 0 Å². The first-order chi connectivity index (χ1) is 8.63. The van der Waals surface area contributed by atoms with Gasteiger partial charge in [0.2, 0.25) is 5.91 Å². The number of primary amides is 1. The normalized spacial score (nSPS) is 9.83. The van der Waals surface area contributed by atoms with Gasteiger partial charge in [-0.1, -0.05) is 6.07 Å². The van der Waals surface area contributed by atoms with E-state index < -0.39 is 5.91 Å². The maximum Gasteiger partial charge on any atom is 0.319 e. The highest BCUT2D eigenvalue weighted by Crippen LogP contribution is 2.09. The van der Waals surface area contributed by atoms with Crippen LogP contribution in [-0.4, -0.2) is 32.2 Å². The summed E-state index contributed by atoms with van der Waals surface area (Å²) in [6.45, 7) is 1.12. The average molecular weight is 251 g/mol. The number of hydrogen-bond donors (Lipinski definition) is 3. The molecule has 0 unspecified atom stereocenters. The summed E-state index contributed by atoms with van der Waals surface area (Å²) in [6.07, 6.45) is 0.741. The highest BCUT2D eigenvalue weighted by Gasteiger charge is 2.04. The molecule has 0 aliphatic heterocycles. The quantitative estimate of drug-likeness (QED) is 0.657. The first-order valence-corrected chi connectivity index (χ1v) is 5.57. The molecule has 6 nitrogen and oxygen atoms in total. The number of nitrogens with one attached hydrogen (secondary N) is 2. The minimum absolute atomic E-state index is 0.326. The van der Waals surface area contributed by atoms with E-state index in [4.69, 9.17) is 10.5 Å². The second kappa shape index (κ2) is 7.29. The van der Waals surface area contributed by atoms with Gasteiger partial charge in [-0.2, -0.15) is 0 Å². The van der Waals surface area contributed by atoms with Crippen molar-refractivity contribution in [1.82, 2.24) is 5.32 Å². The number of nitrogens with two attached hydrogens (primary N) is 1. The zero-order chi connectivity index (χ0) is 13.4. The van der Waals surface area contributed by atoms with Crippen molar-refractivity contribution in [1.29, 1.82) is 0 Å². The van der Waals surface area contributed by atoms with Gasteiger partial charge >= 0.3 is 6.03 Å². The second-order valence-electron chi connectivity index (χ2n) is 3.67. The summed E-state index contributed by atoms with van der Waals surface area (Å²) in [5.41, 5.74) is 6.02. The van der Waals surface area contributed by atoms with Crippen molar-refractivity contribution in [3.8, 4) is 0 Å². The number of rotatable bonds is 6. The fourth-order valence-electron chi connectivity index (χ4n) is 1.34. The average Bonchev–Trinajstić information content (AvgIpc) is 2.35. The Morgan fingerprint density at radius 3 is 2.83 bits per heavy atom. The third-order valence-corrected chi connectivity index (χ3v) is 2.22. The van der Waals surface area contributed by atoms with Gasteiger partial charge in [0.1, 0.15) is 0 Å². The summed E-state index contributed by atoms with van der Waals surface area (Å²) in [5, 5.41) is 5.28. The number of anilines is 1. The van der Waals surface area contributed by atoms with E-state index in [1.165, 1.54) is 6.07 Å². The zero-order valence-electron chi connectivity index (χ0n) is 10.2. The summed E-state index contributed by atoms with van der Waals surface area (Å²) in [5.74, 6) is -0.529. The molecule has 18 heavy (non-hydrogen) atoms. The molecule has 6 heteroatoms. The van der Waals surface area contributed by atoms with E-state index in [2.05, 4.69) is 10.6 Å². The van der Waals surface area contributed by atoms with Crippen LogP contribution in [0.15, 0.2) is 24.3 Å². The standard InChI is InChI=1S/C12H17N3O3/c1-18-7-3-6-14-12(17)15-10-5-2-4-9(8-10)11(13)16/h2,4-5,8H,3,6-7H2,1H3,(H2,13,16)(H2,14,15,17). The molecule has 1 aromatic rings. The van der Waals surface area contributed by atoms with Crippen LogP contribution in [0, 0.1) is 0 Å². The van der Waals surface area contributed by atoms with Crippen molar-refractivity contribution in [2.45, 2.75) is 6.42 Å². The molecule has 0 bridgehead atoms. The molecular weight excluding hydrogens is 234 g/mol.